The summed E-state index contributed by atoms with van der Waals surface area (Å²) in [6.45, 7) is 1.81. The van der Waals surface area contributed by atoms with Gasteiger partial charge in [-0.05, 0) is 0 Å². The van der Waals surface area contributed by atoms with Crippen LogP contribution >= 0.6 is 7.82 Å². The Bertz CT molecular complexity index is 918. The van der Waals surface area contributed by atoms with Crippen LogP contribution in [0.25, 0.3) is 11.2 Å². The van der Waals surface area contributed by atoms with Crippen molar-refractivity contribution in [2.75, 3.05) is 12.8 Å². The molecule has 0 saturated heterocycles. The van der Waals surface area contributed by atoms with E-state index in [4.69, 9.17) is 15.0 Å². The van der Waals surface area contributed by atoms with Crippen molar-refractivity contribution >= 4 is 24.9 Å². The van der Waals surface area contributed by atoms with Crippen molar-refractivity contribution in [3.8, 4) is 0 Å². The van der Waals surface area contributed by atoms with Crippen molar-refractivity contribution in [3.05, 3.63) is 28.2 Å². The van der Waals surface area contributed by atoms with E-state index in [1.165, 1.54) is 10.9 Å². The van der Waals surface area contributed by atoms with Gasteiger partial charge in [0.2, 0.25) is 5.95 Å². The van der Waals surface area contributed by atoms with Crippen LogP contribution in [0.5, 0.6) is 0 Å². The Balaban J connectivity index is 1.94. The second kappa shape index (κ2) is 5.93. The van der Waals surface area contributed by atoms with Crippen LogP contribution in [0.15, 0.2) is 22.6 Å². The molecule has 0 aromatic carbocycles. The van der Waals surface area contributed by atoms with Crippen molar-refractivity contribution in [1.82, 2.24) is 19.5 Å². The number of hydrogen-bond donors (Lipinski definition) is 3. The number of hydrogen-bond acceptors (Lipinski definition) is 8. The van der Waals surface area contributed by atoms with Gasteiger partial charge < -0.3 is 15.0 Å². The Morgan fingerprint density at radius 2 is 2.38 bits per heavy atom. The molecule has 0 radical (unpaired) electrons. The fourth-order valence-electron chi connectivity index (χ4n) is 2.40. The van der Waals surface area contributed by atoms with Gasteiger partial charge in [-0.15, -0.1) is 0 Å². The summed E-state index contributed by atoms with van der Waals surface area (Å²) in [5.41, 5.74) is 5.46. The summed E-state index contributed by atoms with van der Waals surface area (Å²) in [7, 11) is -3.12. The van der Waals surface area contributed by atoms with E-state index in [0.717, 1.165) is 7.11 Å². The summed E-state index contributed by atoms with van der Waals surface area (Å²) >= 11 is 0. The number of imidazole rings is 1. The third-order valence-corrected chi connectivity index (χ3v) is 4.40. The van der Waals surface area contributed by atoms with E-state index in [0.29, 0.717) is 12.2 Å². The first-order valence-corrected chi connectivity index (χ1v) is 8.53. The van der Waals surface area contributed by atoms with Crippen molar-refractivity contribution in [3.63, 3.8) is 0 Å². The zero-order chi connectivity index (χ0) is 17.5. The number of anilines is 1. The summed E-state index contributed by atoms with van der Waals surface area (Å²) in [6, 6.07) is 0. The predicted molar refractivity (Wildman–Crippen MR) is 82.5 cm³/mol. The Labute approximate surface area is 135 Å². The fraction of sp³-hybridized carbons (Fsp3) is 0.417. The zero-order valence-corrected chi connectivity index (χ0v) is 13.8. The number of phosphoric acid groups is 1. The third-order valence-electron chi connectivity index (χ3n) is 3.49. The largest absolute Gasteiger partial charge is 0.526 e. The highest BCUT2D eigenvalue weighted by Crippen LogP contribution is 2.49. The Morgan fingerprint density at radius 1 is 1.62 bits per heavy atom. The van der Waals surface area contributed by atoms with Crippen LogP contribution in [0.3, 0.4) is 0 Å². The number of nitrogens with zero attached hydrogens (tertiary/aromatic N) is 3. The number of aromatic nitrogens is 4. The molecule has 0 saturated carbocycles. The highest BCUT2D eigenvalue weighted by atomic mass is 31.2. The number of nitrogen functional groups attached to an aromatic ring is 1. The van der Waals surface area contributed by atoms with Crippen LogP contribution in [0.1, 0.15) is 26.0 Å². The van der Waals surface area contributed by atoms with Gasteiger partial charge >= 0.3 is 7.82 Å². The maximum absolute atomic E-state index is 11.8. The average Bonchev–Trinajstić information content (AvgIpc) is 3.10. The molecule has 2 atom stereocenters. The molecule has 0 fully saturated rings. The number of ether oxygens (including phenoxy) is 1. The molecular weight excluding hydrogens is 341 g/mol. The molecule has 0 aliphatic carbocycles. The van der Waals surface area contributed by atoms with E-state index in [-0.39, 0.29) is 29.3 Å². The van der Waals surface area contributed by atoms with Gasteiger partial charge in [-0.3, -0.25) is 23.8 Å². The highest BCUT2D eigenvalue weighted by molar-refractivity contribution is 7.47. The monoisotopic (exact) mass is 357 g/mol. The standard InChI is InChI=1S/C12H16N5O6P/c1-3-6-7(23-24(19,20)21-2)4-8(22-6)17-5-14-9-10(17)15-12(13)16-11(9)18/h5,8H,3-4H2,1-2H3,(H,19,20)(H3,13,15,16,18)/t8-/m1/s1. The first kappa shape index (κ1) is 16.5. The second-order valence-corrected chi connectivity index (χ2v) is 6.48. The SMILES string of the molecule is CCC1=C(OP(=O)(O)OC)C[C@H](n2cnc3c(=O)[nH]c(N)nc32)O1. The third kappa shape index (κ3) is 2.88. The van der Waals surface area contributed by atoms with Gasteiger partial charge in [-0.25, -0.2) is 9.55 Å². The Hall–Kier alpha value is -2.36. The van der Waals surface area contributed by atoms with E-state index < -0.39 is 19.6 Å². The van der Waals surface area contributed by atoms with Gasteiger partial charge in [0.1, 0.15) is 12.1 Å². The van der Waals surface area contributed by atoms with E-state index in [2.05, 4.69) is 19.5 Å². The lowest BCUT2D eigenvalue weighted by atomic mass is 10.3. The minimum atomic E-state index is -4.19. The predicted octanol–water partition coefficient (Wildman–Crippen LogP) is 1.01. The van der Waals surface area contributed by atoms with Gasteiger partial charge in [0.15, 0.2) is 23.2 Å². The minimum Gasteiger partial charge on any atom is -0.470 e. The molecular formula is C12H16N5O6P. The maximum Gasteiger partial charge on any atom is 0.526 e. The lowest BCUT2D eigenvalue weighted by Gasteiger charge is -2.14. The van der Waals surface area contributed by atoms with E-state index in [1.807, 2.05) is 6.92 Å². The number of nitrogens with one attached hydrogen (secondary N) is 1. The molecule has 3 rings (SSSR count). The van der Waals surface area contributed by atoms with E-state index in [1.54, 1.807) is 0 Å². The van der Waals surface area contributed by atoms with Gasteiger partial charge in [-0.2, -0.15) is 4.98 Å². The van der Waals surface area contributed by atoms with Gasteiger partial charge in [-0.1, -0.05) is 6.92 Å². The first-order chi connectivity index (χ1) is 11.3. The highest BCUT2D eigenvalue weighted by Gasteiger charge is 2.34. The Morgan fingerprint density at radius 3 is 3.04 bits per heavy atom. The van der Waals surface area contributed by atoms with Crippen LogP contribution < -0.4 is 11.3 Å². The molecule has 11 nitrogen and oxygen atoms in total. The number of H-pyrrole nitrogens is 1. The van der Waals surface area contributed by atoms with Crippen LogP contribution in [-0.4, -0.2) is 31.5 Å². The fourth-order valence-corrected chi connectivity index (χ4v) is 2.93. The summed E-state index contributed by atoms with van der Waals surface area (Å²) < 4.78 is 28.3. The summed E-state index contributed by atoms with van der Waals surface area (Å²) in [6.07, 6.45) is 1.35. The lowest BCUT2D eigenvalue weighted by molar-refractivity contribution is 0.0815. The summed E-state index contributed by atoms with van der Waals surface area (Å²) in [4.78, 5) is 31.7. The van der Waals surface area contributed by atoms with Crippen LogP contribution in [0.2, 0.25) is 0 Å². The number of nitrogens with two attached hydrogens (primary N) is 1. The molecule has 1 aliphatic rings. The molecule has 12 heteroatoms. The second-order valence-electron chi connectivity index (χ2n) is 4.99. The number of rotatable bonds is 5. The number of allylic oxidation sites excluding steroid dienone is 1. The molecule has 2 aromatic heterocycles. The number of fused-ring (bicyclic) bond motifs is 1. The molecule has 1 unspecified atom stereocenters. The van der Waals surface area contributed by atoms with Gasteiger partial charge in [0.05, 0.1) is 6.42 Å². The normalized spacial score (nSPS) is 20.2. The van der Waals surface area contributed by atoms with Crippen LogP contribution in [-0.2, 0) is 18.3 Å². The first-order valence-electron chi connectivity index (χ1n) is 7.03. The van der Waals surface area contributed by atoms with Crippen molar-refractivity contribution in [2.24, 2.45) is 0 Å². The topological polar surface area (TPSA) is 155 Å². The van der Waals surface area contributed by atoms with Crippen molar-refractivity contribution in [2.45, 2.75) is 26.0 Å². The van der Waals surface area contributed by atoms with Crippen molar-refractivity contribution < 1.29 is 23.2 Å². The number of aromatic amines is 1. The molecule has 24 heavy (non-hydrogen) atoms. The molecule has 0 amide bonds. The van der Waals surface area contributed by atoms with E-state index >= 15 is 0 Å². The van der Waals surface area contributed by atoms with Gasteiger partial charge in [0, 0.05) is 13.5 Å². The van der Waals surface area contributed by atoms with Crippen LogP contribution in [0.4, 0.5) is 5.95 Å². The van der Waals surface area contributed by atoms with Crippen LogP contribution in [0, 0.1) is 0 Å². The molecule has 1 aliphatic heterocycles. The molecule has 130 valence electrons. The maximum atomic E-state index is 11.8. The summed E-state index contributed by atoms with van der Waals surface area (Å²) in [5.74, 6) is 0.562. The average molecular weight is 357 g/mol. The molecule has 0 bridgehead atoms. The van der Waals surface area contributed by atoms with Gasteiger partial charge in [0.25, 0.3) is 5.56 Å². The van der Waals surface area contributed by atoms with E-state index in [9.17, 15) is 14.3 Å². The molecule has 2 aromatic rings. The molecule has 4 N–H and O–H groups in total. The summed E-state index contributed by atoms with van der Waals surface area (Å²) in [5, 5.41) is 0. The zero-order valence-electron chi connectivity index (χ0n) is 12.9. The quantitative estimate of drug-likeness (QED) is 0.665. The molecule has 0 spiro atoms. The van der Waals surface area contributed by atoms with Crippen molar-refractivity contribution in [1.29, 1.82) is 0 Å². The minimum absolute atomic E-state index is 0.0494. The molecule has 3 heterocycles. The Kier molecular flexibility index (Phi) is 4.08. The smallest absolute Gasteiger partial charge is 0.470 e. The number of phosphoric ester groups is 1. The lowest BCUT2D eigenvalue weighted by Crippen LogP contribution is -2.14.